The normalized spacial score (nSPS) is 32.1. The number of hydrogen-bond acceptors (Lipinski definition) is 2. The summed E-state index contributed by atoms with van der Waals surface area (Å²) in [6.45, 7) is 3.85. The van der Waals surface area contributed by atoms with Crippen LogP contribution in [0.25, 0.3) is 0 Å². The van der Waals surface area contributed by atoms with E-state index in [1.165, 1.54) is 17.4 Å². The van der Waals surface area contributed by atoms with Crippen molar-refractivity contribution in [3.63, 3.8) is 0 Å². The summed E-state index contributed by atoms with van der Waals surface area (Å²) < 4.78 is 0. The Labute approximate surface area is 90.1 Å². The van der Waals surface area contributed by atoms with Crippen molar-refractivity contribution >= 4 is 11.8 Å². The SMILES string of the molecule is CC1=CC(=O)N(C2CCCCC2C)C1=O. The first-order valence-electron chi connectivity index (χ1n) is 5.67. The highest BCUT2D eigenvalue weighted by Crippen LogP contribution is 2.30. The summed E-state index contributed by atoms with van der Waals surface area (Å²) in [7, 11) is 0. The maximum Gasteiger partial charge on any atom is 0.256 e. The lowest BCUT2D eigenvalue weighted by Gasteiger charge is -2.34. The summed E-state index contributed by atoms with van der Waals surface area (Å²) in [5.74, 6) is 0.251. The average Bonchev–Trinajstić information content (AvgIpc) is 2.43. The van der Waals surface area contributed by atoms with Crippen molar-refractivity contribution in [3.05, 3.63) is 11.6 Å². The molecule has 3 heteroatoms. The minimum absolute atomic E-state index is 0.0845. The van der Waals surface area contributed by atoms with Gasteiger partial charge in [-0.1, -0.05) is 19.8 Å². The Morgan fingerprint density at radius 3 is 2.47 bits per heavy atom. The first kappa shape index (κ1) is 10.4. The van der Waals surface area contributed by atoms with E-state index >= 15 is 0 Å². The lowest BCUT2D eigenvalue weighted by atomic mass is 9.85. The third-order valence-corrected chi connectivity index (χ3v) is 3.53. The molecular formula is C12H17NO2. The van der Waals surface area contributed by atoms with Gasteiger partial charge >= 0.3 is 0 Å². The molecular weight excluding hydrogens is 190 g/mol. The quantitative estimate of drug-likeness (QED) is 0.616. The summed E-state index contributed by atoms with van der Waals surface area (Å²) in [5, 5.41) is 0. The number of amides is 2. The van der Waals surface area contributed by atoms with Crippen molar-refractivity contribution in [3.8, 4) is 0 Å². The van der Waals surface area contributed by atoms with Crippen molar-refractivity contribution in [2.45, 2.75) is 45.6 Å². The predicted molar refractivity (Wildman–Crippen MR) is 57.0 cm³/mol. The number of imide groups is 1. The fourth-order valence-electron chi connectivity index (χ4n) is 2.60. The Kier molecular flexibility index (Phi) is 2.63. The summed E-state index contributed by atoms with van der Waals surface area (Å²) >= 11 is 0. The second kappa shape index (κ2) is 3.80. The summed E-state index contributed by atoms with van der Waals surface area (Å²) in [6.07, 6.45) is 5.91. The highest BCUT2D eigenvalue weighted by molar-refractivity contribution is 6.16. The van der Waals surface area contributed by atoms with Crippen LogP contribution in [0.1, 0.15) is 39.5 Å². The molecule has 0 bridgehead atoms. The van der Waals surface area contributed by atoms with E-state index < -0.39 is 0 Å². The molecule has 2 unspecified atom stereocenters. The van der Waals surface area contributed by atoms with Crippen molar-refractivity contribution in [1.29, 1.82) is 0 Å². The number of hydrogen-bond donors (Lipinski definition) is 0. The summed E-state index contributed by atoms with van der Waals surface area (Å²) in [5.41, 5.74) is 0.581. The van der Waals surface area contributed by atoms with E-state index in [1.54, 1.807) is 6.92 Å². The standard InChI is InChI=1S/C12H17NO2/c1-8-5-3-4-6-10(8)13-11(14)7-9(2)12(13)15/h7-8,10H,3-6H2,1-2H3. The van der Waals surface area contributed by atoms with Crippen molar-refractivity contribution in [2.24, 2.45) is 5.92 Å². The molecule has 15 heavy (non-hydrogen) atoms. The highest BCUT2D eigenvalue weighted by Gasteiger charge is 2.37. The smallest absolute Gasteiger partial charge is 0.256 e. The molecule has 0 N–H and O–H groups in total. The second-order valence-electron chi connectivity index (χ2n) is 4.67. The summed E-state index contributed by atoms with van der Waals surface area (Å²) in [6, 6.07) is 0.132. The van der Waals surface area contributed by atoms with Gasteiger partial charge in [-0.3, -0.25) is 14.5 Å². The molecule has 2 rings (SSSR count). The maximum atomic E-state index is 11.8. The van der Waals surface area contributed by atoms with Gasteiger partial charge in [0.15, 0.2) is 0 Å². The third-order valence-electron chi connectivity index (χ3n) is 3.53. The van der Waals surface area contributed by atoms with Crippen LogP contribution in [0.4, 0.5) is 0 Å². The lowest BCUT2D eigenvalue weighted by Crippen LogP contribution is -2.45. The number of rotatable bonds is 1. The molecule has 1 fully saturated rings. The van der Waals surface area contributed by atoms with Gasteiger partial charge in [-0.2, -0.15) is 0 Å². The van der Waals surface area contributed by atoms with Crippen molar-refractivity contribution in [1.82, 2.24) is 4.90 Å². The molecule has 2 aliphatic rings. The molecule has 1 aliphatic heterocycles. The van der Waals surface area contributed by atoms with Gasteiger partial charge in [0.05, 0.1) is 0 Å². The van der Waals surface area contributed by atoms with E-state index in [4.69, 9.17) is 0 Å². The molecule has 2 atom stereocenters. The molecule has 1 aliphatic carbocycles. The minimum Gasteiger partial charge on any atom is -0.272 e. The zero-order chi connectivity index (χ0) is 11.0. The zero-order valence-corrected chi connectivity index (χ0v) is 9.32. The van der Waals surface area contributed by atoms with Crippen molar-refractivity contribution in [2.75, 3.05) is 0 Å². The average molecular weight is 207 g/mol. The van der Waals surface area contributed by atoms with Gasteiger partial charge in [-0.25, -0.2) is 0 Å². The van der Waals surface area contributed by atoms with Crippen LogP contribution in [-0.4, -0.2) is 22.8 Å². The largest absolute Gasteiger partial charge is 0.272 e. The molecule has 0 aromatic carbocycles. The van der Waals surface area contributed by atoms with Crippen LogP contribution in [0.3, 0.4) is 0 Å². The van der Waals surface area contributed by atoms with Gasteiger partial charge in [-0.15, -0.1) is 0 Å². The Morgan fingerprint density at radius 1 is 1.27 bits per heavy atom. The van der Waals surface area contributed by atoms with Crippen LogP contribution in [-0.2, 0) is 9.59 Å². The first-order chi connectivity index (χ1) is 7.11. The first-order valence-corrected chi connectivity index (χ1v) is 5.67. The van der Waals surface area contributed by atoms with Gasteiger partial charge in [0.2, 0.25) is 0 Å². The predicted octanol–water partition coefficient (Wildman–Crippen LogP) is 1.88. The number of carbonyl (C=O) groups is 2. The highest BCUT2D eigenvalue weighted by atomic mass is 16.2. The zero-order valence-electron chi connectivity index (χ0n) is 9.32. The van der Waals surface area contributed by atoms with Crippen LogP contribution in [0.15, 0.2) is 11.6 Å². The minimum atomic E-state index is -0.115. The van der Waals surface area contributed by atoms with E-state index in [2.05, 4.69) is 6.92 Å². The Bertz CT molecular complexity index is 333. The molecule has 0 spiro atoms. The van der Waals surface area contributed by atoms with Gasteiger partial charge in [0.25, 0.3) is 11.8 Å². The van der Waals surface area contributed by atoms with E-state index in [1.807, 2.05) is 0 Å². The van der Waals surface area contributed by atoms with Gasteiger partial charge in [0.1, 0.15) is 0 Å². The monoisotopic (exact) mass is 207 g/mol. The van der Waals surface area contributed by atoms with E-state index in [9.17, 15) is 9.59 Å². The third kappa shape index (κ3) is 1.71. The van der Waals surface area contributed by atoms with Gasteiger partial charge in [0, 0.05) is 17.7 Å². The topological polar surface area (TPSA) is 37.4 Å². The van der Waals surface area contributed by atoms with E-state index in [0.717, 1.165) is 19.3 Å². The molecule has 0 aromatic heterocycles. The van der Waals surface area contributed by atoms with Crippen LogP contribution in [0, 0.1) is 5.92 Å². The fourth-order valence-corrected chi connectivity index (χ4v) is 2.60. The lowest BCUT2D eigenvalue weighted by molar-refractivity contribution is -0.141. The van der Waals surface area contributed by atoms with Crippen LogP contribution in [0.5, 0.6) is 0 Å². The van der Waals surface area contributed by atoms with Gasteiger partial charge in [-0.05, 0) is 25.7 Å². The van der Waals surface area contributed by atoms with Crippen LogP contribution >= 0.6 is 0 Å². The molecule has 0 radical (unpaired) electrons. The Hall–Kier alpha value is -1.12. The molecule has 0 aromatic rings. The summed E-state index contributed by atoms with van der Waals surface area (Å²) in [4.78, 5) is 24.9. The molecule has 82 valence electrons. The molecule has 2 amide bonds. The van der Waals surface area contributed by atoms with Crippen molar-refractivity contribution < 1.29 is 9.59 Å². The van der Waals surface area contributed by atoms with Crippen LogP contribution in [0.2, 0.25) is 0 Å². The maximum absolute atomic E-state index is 11.8. The number of carbonyl (C=O) groups excluding carboxylic acids is 2. The van der Waals surface area contributed by atoms with E-state index in [-0.39, 0.29) is 17.9 Å². The fraction of sp³-hybridized carbons (Fsp3) is 0.667. The van der Waals surface area contributed by atoms with Gasteiger partial charge < -0.3 is 0 Å². The molecule has 1 heterocycles. The molecule has 3 nitrogen and oxygen atoms in total. The number of nitrogens with zero attached hydrogens (tertiary/aromatic N) is 1. The Morgan fingerprint density at radius 2 is 1.93 bits per heavy atom. The molecule has 0 saturated heterocycles. The second-order valence-corrected chi connectivity index (χ2v) is 4.67. The Balaban J connectivity index is 2.17. The molecule has 1 saturated carbocycles. The van der Waals surface area contributed by atoms with Crippen LogP contribution < -0.4 is 0 Å². The van der Waals surface area contributed by atoms with E-state index in [0.29, 0.717) is 11.5 Å².